The Kier molecular flexibility index (Phi) is 2.29. The van der Waals surface area contributed by atoms with Crippen LogP contribution in [0, 0.1) is 11.3 Å². The third kappa shape index (κ3) is 1.30. The summed E-state index contributed by atoms with van der Waals surface area (Å²) >= 11 is 0. The van der Waals surface area contributed by atoms with Crippen LogP contribution in [0.3, 0.4) is 0 Å². The number of carbonyl (C=O) groups is 1. The third-order valence-electron chi connectivity index (χ3n) is 6.45. The lowest BCUT2D eigenvalue weighted by molar-refractivity contribution is -0.384. The summed E-state index contributed by atoms with van der Waals surface area (Å²) < 4.78 is 17.0. The van der Waals surface area contributed by atoms with Crippen molar-refractivity contribution >= 4 is 5.97 Å². The highest BCUT2D eigenvalue weighted by molar-refractivity contribution is 5.89. The molecule has 6 atom stereocenters. The zero-order chi connectivity index (χ0) is 16.1. The van der Waals surface area contributed by atoms with E-state index in [1.54, 1.807) is 31.2 Å². The van der Waals surface area contributed by atoms with Crippen molar-refractivity contribution in [2.45, 2.75) is 43.0 Å². The molecule has 3 saturated heterocycles. The van der Waals surface area contributed by atoms with Gasteiger partial charge in [0.2, 0.25) is 0 Å². The van der Waals surface area contributed by atoms with Crippen molar-refractivity contribution in [2.75, 3.05) is 6.61 Å². The monoisotopic (exact) mass is 318 g/mol. The Morgan fingerprint density at radius 2 is 2.04 bits per heavy atom. The highest BCUT2D eigenvalue weighted by Gasteiger charge is 2.93. The maximum absolute atomic E-state index is 12.2. The van der Waals surface area contributed by atoms with Gasteiger partial charge >= 0.3 is 5.97 Å². The lowest BCUT2D eigenvalue weighted by Gasteiger charge is -2.65. The smallest absolute Gasteiger partial charge is 0.338 e. The summed E-state index contributed by atoms with van der Waals surface area (Å²) in [4.78, 5) is 12.2. The Morgan fingerprint density at radius 1 is 1.30 bits per heavy atom. The van der Waals surface area contributed by atoms with Crippen LogP contribution in [0.5, 0.6) is 0 Å². The maximum atomic E-state index is 12.2. The van der Waals surface area contributed by atoms with Gasteiger partial charge in [-0.2, -0.15) is 0 Å². The average molecular weight is 318 g/mol. The van der Waals surface area contributed by atoms with Gasteiger partial charge in [-0.3, -0.25) is 0 Å². The van der Waals surface area contributed by atoms with Gasteiger partial charge in [0.05, 0.1) is 11.0 Å². The van der Waals surface area contributed by atoms with Gasteiger partial charge < -0.3 is 24.4 Å². The largest absolute Gasteiger partial charge is 0.461 e. The Bertz CT molecular complexity index is 706. The van der Waals surface area contributed by atoms with E-state index in [1.165, 1.54) is 0 Å². The van der Waals surface area contributed by atoms with Crippen LogP contribution in [0.15, 0.2) is 30.3 Å². The van der Waals surface area contributed by atoms with Gasteiger partial charge in [-0.1, -0.05) is 18.2 Å². The zero-order valence-electron chi connectivity index (χ0n) is 12.7. The molecule has 3 saturated carbocycles. The molecule has 6 nitrogen and oxygen atoms in total. The molecule has 1 aromatic carbocycles. The Labute approximate surface area is 133 Å². The number of esters is 1. The fourth-order valence-electron chi connectivity index (χ4n) is 5.26. The number of aliphatic hydroxyl groups is 2. The maximum Gasteiger partial charge on any atom is 0.338 e. The molecule has 0 unspecified atom stereocenters. The molecule has 122 valence electrons. The molecule has 6 heteroatoms. The van der Waals surface area contributed by atoms with E-state index in [1.807, 2.05) is 6.07 Å². The molecule has 1 aromatic rings. The minimum atomic E-state index is -1.29. The normalized spacial score (nSPS) is 51.6. The van der Waals surface area contributed by atoms with Crippen LogP contribution >= 0.6 is 0 Å². The summed E-state index contributed by atoms with van der Waals surface area (Å²) in [6, 6.07) is 8.70. The van der Waals surface area contributed by atoms with Crippen molar-refractivity contribution in [3.63, 3.8) is 0 Å². The molecule has 6 bridgehead atoms. The molecule has 2 N–H and O–H groups in total. The van der Waals surface area contributed by atoms with E-state index in [2.05, 4.69) is 0 Å². The van der Waals surface area contributed by atoms with E-state index in [0.29, 0.717) is 12.0 Å². The molecule has 3 aliphatic heterocycles. The van der Waals surface area contributed by atoms with Gasteiger partial charge in [-0.15, -0.1) is 0 Å². The summed E-state index contributed by atoms with van der Waals surface area (Å²) in [6.45, 7) is 1.77. The number of hydrogen-bond acceptors (Lipinski definition) is 6. The van der Waals surface area contributed by atoms with Crippen molar-refractivity contribution < 1.29 is 29.2 Å². The SMILES string of the molecule is C[C@@]12C[C@@]3(O)O[C@@H](O1)[C@@]1(COC(=O)c4ccccc4)[C@H]3C[C@@]12O. The van der Waals surface area contributed by atoms with E-state index >= 15 is 0 Å². The molecule has 0 amide bonds. The van der Waals surface area contributed by atoms with Crippen molar-refractivity contribution in [1.82, 2.24) is 0 Å². The van der Waals surface area contributed by atoms with Gasteiger partial charge in [0, 0.05) is 12.3 Å². The number of benzene rings is 1. The second-order valence-corrected chi connectivity index (χ2v) is 7.42. The fraction of sp³-hybridized carbons (Fsp3) is 0.588. The first-order valence-electron chi connectivity index (χ1n) is 7.87. The van der Waals surface area contributed by atoms with Crippen LogP contribution in [0.4, 0.5) is 0 Å². The van der Waals surface area contributed by atoms with E-state index in [-0.39, 0.29) is 18.9 Å². The van der Waals surface area contributed by atoms with Crippen molar-refractivity contribution in [1.29, 1.82) is 0 Å². The van der Waals surface area contributed by atoms with Gasteiger partial charge in [-0.25, -0.2) is 4.79 Å². The second kappa shape index (κ2) is 3.78. The lowest BCUT2D eigenvalue weighted by Crippen LogP contribution is -2.78. The Morgan fingerprint density at radius 3 is 2.78 bits per heavy atom. The van der Waals surface area contributed by atoms with Gasteiger partial charge in [0.15, 0.2) is 12.1 Å². The summed E-state index contributed by atoms with van der Waals surface area (Å²) in [6.07, 6.45) is -0.0932. The highest BCUT2D eigenvalue weighted by Crippen LogP contribution is 2.80. The van der Waals surface area contributed by atoms with Crippen LogP contribution in [0.2, 0.25) is 0 Å². The van der Waals surface area contributed by atoms with Crippen molar-refractivity contribution in [2.24, 2.45) is 11.3 Å². The Balaban J connectivity index is 1.45. The van der Waals surface area contributed by atoms with Gasteiger partial charge in [0.25, 0.3) is 0 Å². The molecule has 7 rings (SSSR count). The standard InChI is InChI=1S/C17H18O6/c1-14-8-16(19)11-7-17(14,20)15(11,13(22-14)23-16)9-21-12(18)10-5-3-2-4-6-10/h2-6,11,13,19-20H,7-9H2,1H3/t11-,13-,14+,15-,16-,17+/m1/s1. The quantitative estimate of drug-likeness (QED) is 0.803. The third-order valence-corrected chi connectivity index (χ3v) is 6.45. The minimum absolute atomic E-state index is 0.0234. The molecule has 23 heavy (non-hydrogen) atoms. The van der Waals surface area contributed by atoms with Crippen molar-refractivity contribution in [3.05, 3.63) is 35.9 Å². The predicted octanol–water partition coefficient (Wildman–Crippen LogP) is 0.818. The Hall–Kier alpha value is -1.47. The summed E-state index contributed by atoms with van der Waals surface area (Å²) in [5.41, 5.74) is -2.42. The molecule has 0 spiro atoms. The van der Waals surface area contributed by atoms with E-state index in [0.717, 1.165) is 0 Å². The molecular formula is C17H18O6. The average Bonchev–Trinajstić information content (AvgIpc) is 2.70. The number of ether oxygens (including phenoxy) is 3. The molecule has 6 fully saturated rings. The first-order chi connectivity index (χ1) is 10.8. The highest BCUT2D eigenvalue weighted by atomic mass is 16.8. The number of carbonyl (C=O) groups excluding carboxylic acids is 1. The first kappa shape index (κ1) is 13.9. The molecule has 3 heterocycles. The van der Waals surface area contributed by atoms with Crippen LogP contribution in [-0.2, 0) is 14.2 Å². The molecule has 0 radical (unpaired) electrons. The number of hydrogen-bond donors (Lipinski definition) is 2. The van der Waals surface area contributed by atoms with Crippen LogP contribution in [-0.4, -0.2) is 46.1 Å². The van der Waals surface area contributed by atoms with Crippen LogP contribution in [0.25, 0.3) is 0 Å². The first-order valence-corrected chi connectivity index (χ1v) is 7.87. The fourth-order valence-corrected chi connectivity index (χ4v) is 5.26. The predicted molar refractivity (Wildman–Crippen MR) is 76.1 cm³/mol. The summed E-state index contributed by atoms with van der Waals surface area (Å²) in [7, 11) is 0. The molecule has 3 aliphatic carbocycles. The van der Waals surface area contributed by atoms with Gasteiger partial charge in [0.1, 0.15) is 17.8 Å². The summed E-state index contributed by atoms with van der Waals surface area (Å²) in [5, 5.41) is 21.8. The molecule has 6 aliphatic rings. The van der Waals surface area contributed by atoms with Crippen molar-refractivity contribution in [3.8, 4) is 0 Å². The zero-order valence-corrected chi connectivity index (χ0v) is 12.7. The summed E-state index contributed by atoms with van der Waals surface area (Å²) in [5.74, 6) is -2.02. The van der Waals surface area contributed by atoms with E-state index < -0.39 is 34.7 Å². The van der Waals surface area contributed by atoms with Crippen LogP contribution < -0.4 is 0 Å². The van der Waals surface area contributed by atoms with Crippen LogP contribution in [0.1, 0.15) is 30.1 Å². The molecule has 0 aromatic heterocycles. The second-order valence-electron chi connectivity index (χ2n) is 7.42. The minimum Gasteiger partial charge on any atom is -0.461 e. The van der Waals surface area contributed by atoms with Gasteiger partial charge in [-0.05, 0) is 25.5 Å². The lowest BCUT2D eigenvalue weighted by atomic mass is 9.41. The molecular weight excluding hydrogens is 300 g/mol. The number of rotatable bonds is 3. The van der Waals surface area contributed by atoms with E-state index in [4.69, 9.17) is 14.2 Å². The van der Waals surface area contributed by atoms with E-state index in [9.17, 15) is 15.0 Å². The topological polar surface area (TPSA) is 85.2 Å².